The second-order valence-corrected chi connectivity index (χ2v) is 14.7. The third-order valence-corrected chi connectivity index (χ3v) is 12.4. The van der Waals surface area contributed by atoms with E-state index in [9.17, 15) is 0 Å². The first-order valence-corrected chi connectivity index (χ1v) is 18.2. The first kappa shape index (κ1) is 27.1. The molecular formula is C49H30N3+3. The number of fused-ring (bicyclic) bond motifs is 9. The van der Waals surface area contributed by atoms with Crippen molar-refractivity contribution >= 4 is 33.1 Å². The Kier molecular flexibility index (Phi) is 4.77. The Morgan fingerprint density at radius 2 is 1.04 bits per heavy atom. The fraction of sp³-hybridized carbons (Fsp3) is 0.0204. The van der Waals surface area contributed by atoms with Crippen LogP contribution >= 0.6 is 0 Å². The molecule has 0 fully saturated rings. The summed E-state index contributed by atoms with van der Waals surface area (Å²) in [5.41, 5.74) is 18.9. The quantitative estimate of drug-likeness (QED) is 0.0991. The summed E-state index contributed by atoms with van der Waals surface area (Å²) in [5, 5.41) is 3.87. The van der Waals surface area contributed by atoms with Gasteiger partial charge in [-0.3, -0.25) is 0 Å². The molecule has 7 aromatic carbocycles. The van der Waals surface area contributed by atoms with Crippen molar-refractivity contribution in [1.82, 2.24) is 4.70 Å². The lowest BCUT2D eigenvalue weighted by molar-refractivity contribution is -1.02. The molecule has 3 aliphatic heterocycles. The highest BCUT2D eigenvalue weighted by molar-refractivity contribution is 6.15. The van der Waals surface area contributed by atoms with Crippen molar-refractivity contribution in [3.63, 3.8) is 0 Å². The third-order valence-electron chi connectivity index (χ3n) is 12.4. The Morgan fingerprint density at radius 3 is 1.79 bits per heavy atom. The summed E-state index contributed by atoms with van der Waals surface area (Å²) in [7, 11) is 0. The zero-order valence-electron chi connectivity index (χ0n) is 28.2. The molecule has 1 unspecified atom stereocenters. The monoisotopic (exact) mass is 660 g/mol. The van der Waals surface area contributed by atoms with E-state index in [1.807, 2.05) is 0 Å². The van der Waals surface area contributed by atoms with E-state index in [1.54, 1.807) is 0 Å². The van der Waals surface area contributed by atoms with Crippen molar-refractivity contribution in [2.75, 3.05) is 0 Å². The average Bonchev–Trinajstić information content (AvgIpc) is 3.81. The molecule has 0 radical (unpaired) electrons. The Hall–Kier alpha value is -6.68. The number of nitrogens with zero attached hydrogens (tertiary/aromatic N) is 3. The van der Waals surface area contributed by atoms with Gasteiger partial charge in [0.1, 0.15) is 10.9 Å². The van der Waals surface area contributed by atoms with E-state index >= 15 is 0 Å². The highest BCUT2D eigenvalue weighted by Gasteiger charge is 2.74. The van der Waals surface area contributed by atoms with Gasteiger partial charge in [0.2, 0.25) is 12.4 Å². The largest absolute Gasteiger partial charge is 0.294 e. The molecule has 2 spiro atoms. The molecule has 0 saturated carbocycles. The van der Waals surface area contributed by atoms with Crippen LogP contribution in [-0.2, 0) is 5.41 Å². The smallest absolute Gasteiger partial charge is 0.0622 e. The van der Waals surface area contributed by atoms with Crippen molar-refractivity contribution < 1.29 is 9.35 Å². The first-order valence-electron chi connectivity index (χ1n) is 18.2. The fourth-order valence-corrected chi connectivity index (χ4v) is 10.6. The van der Waals surface area contributed by atoms with Crippen molar-refractivity contribution in [1.29, 1.82) is 0 Å². The minimum atomic E-state index is -0.525. The molecule has 4 aliphatic rings. The van der Waals surface area contributed by atoms with E-state index in [0.717, 1.165) is 0 Å². The van der Waals surface area contributed by atoms with Gasteiger partial charge < -0.3 is 0 Å². The first-order chi connectivity index (χ1) is 25.8. The number of hydrogen-bond acceptors (Lipinski definition) is 0. The molecule has 9 aromatic rings. The molecule has 0 saturated heterocycles. The molecule has 3 heteroatoms. The van der Waals surface area contributed by atoms with Gasteiger partial charge in [-0.1, -0.05) is 127 Å². The lowest BCUT2D eigenvalue weighted by atomic mass is 9.63. The number of benzene rings is 7. The zero-order valence-corrected chi connectivity index (χ0v) is 28.2. The average molecular weight is 661 g/mol. The zero-order chi connectivity index (χ0) is 33.8. The maximum atomic E-state index is 2.55. The van der Waals surface area contributed by atoms with Crippen molar-refractivity contribution in [2.24, 2.45) is 0 Å². The van der Waals surface area contributed by atoms with Gasteiger partial charge in [0.25, 0.3) is 22.6 Å². The maximum Gasteiger partial charge on any atom is 0.294 e. The molecule has 1 aliphatic carbocycles. The second kappa shape index (κ2) is 9.15. The number of pyridine rings is 2. The summed E-state index contributed by atoms with van der Waals surface area (Å²) in [6, 6.07) is 63.8. The van der Waals surface area contributed by atoms with Crippen LogP contribution in [0.1, 0.15) is 22.3 Å². The Morgan fingerprint density at radius 1 is 0.385 bits per heavy atom. The van der Waals surface area contributed by atoms with Crippen molar-refractivity contribution in [2.45, 2.75) is 5.41 Å². The second-order valence-electron chi connectivity index (χ2n) is 14.7. The lowest BCUT2D eigenvalue weighted by Crippen LogP contribution is -2.82. The Bertz CT molecular complexity index is 3030. The summed E-state index contributed by atoms with van der Waals surface area (Å²) in [4.78, 5) is 0. The normalized spacial score (nSPS) is 17.1. The molecule has 5 heterocycles. The van der Waals surface area contributed by atoms with E-state index in [4.69, 9.17) is 0 Å². The number of rotatable bonds is 2. The standard InChI is InChI=1S/C49H30N3/c1-3-12-31(13-4-1)35-25-27-50-44(30-35)39-28-36(32-14-5-2-6-15-32)29-43-47(39)52(50)48-42(24-23-33-21-22-34-16-11-26-51(52)46(34)45(33)48)49(43)40-19-9-7-17-37(40)38-18-8-10-20-41(38)49/h1-30H/q+3. The topological polar surface area (TPSA) is 7.76 Å². The van der Waals surface area contributed by atoms with Gasteiger partial charge in [-0.2, -0.15) is 0 Å². The summed E-state index contributed by atoms with van der Waals surface area (Å²) in [6.45, 7) is 0. The highest BCUT2D eigenvalue weighted by Crippen LogP contribution is 2.68. The van der Waals surface area contributed by atoms with Crippen LogP contribution < -0.4 is 14.1 Å². The van der Waals surface area contributed by atoms with Crippen LogP contribution in [0.15, 0.2) is 182 Å². The molecule has 3 nitrogen and oxygen atoms in total. The minimum absolute atomic E-state index is 0.458. The van der Waals surface area contributed by atoms with Gasteiger partial charge in [0.05, 0.1) is 20.2 Å². The van der Waals surface area contributed by atoms with Crippen LogP contribution in [0.5, 0.6) is 0 Å². The van der Waals surface area contributed by atoms with E-state index < -0.39 is 5.41 Å². The summed E-state index contributed by atoms with van der Waals surface area (Å²) < 4.78 is 5.56. The summed E-state index contributed by atoms with van der Waals surface area (Å²) in [6.07, 6.45) is 4.66. The number of quaternary nitrogens is 1. The van der Waals surface area contributed by atoms with Gasteiger partial charge in [-0.25, -0.2) is 0 Å². The lowest BCUT2D eigenvalue weighted by Gasteiger charge is -2.39. The van der Waals surface area contributed by atoms with Crippen LogP contribution in [0.3, 0.4) is 0 Å². The molecule has 2 aromatic heterocycles. The van der Waals surface area contributed by atoms with Crippen LogP contribution in [-0.4, -0.2) is 0 Å². The molecule has 52 heavy (non-hydrogen) atoms. The van der Waals surface area contributed by atoms with Crippen molar-refractivity contribution in [3.05, 3.63) is 205 Å². The van der Waals surface area contributed by atoms with E-state index in [2.05, 4.69) is 192 Å². The molecule has 1 atom stereocenters. The molecule has 0 amide bonds. The Balaban J connectivity index is 1.30. The summed E-state index contributed by atoms with van der Waals surface area (Å²) in [5.74, 6) is 0. The maximum absolute atomic E-state index is 2.55. The molecular weight excluding hydrogens is 631 g/mol. The van der Waals surface area contributed by atoms with Gasteiger partial charge in [0.15, 0.2) is 4.70 Å². The third kappa shape index (κ3) is 2.87. The fourth-order valence-electron chi connectivity index (χ4n) is 10.6. The number of hydrogen-bond donors (Lipinski definition) is 0. The van der Waals surface area contributed by atoms with E-state index in [-0.39, 0.29) is 0 Å². The Labute approximate surface area is 300 Å². The molecule has 13 rings (SSSR count). The van der Waals surface area contributed by atoms with Crippen LogP contribution in [0.2, 0.25) is 0 Å². The van der Waals surface area contributed by atoms with E-state index in [1.165, 1.54) is 99.9 Å². The molecule has 0 N–H and O–H groups in total. The van der Waals surface area contributed by atoms with Crippen LogP contribution in [0, 0.1) is 0 Å². The number of aromatic nitrogens is 2. The predicted octanol–water partition coefficient (Wildman–Crippen LogP) is 10.4. The predicted molar refractivity (Wildman–Crippen MR) is 208 cm³/mol. The minimum Gasteiger partial charge on any atom is -0.0622 e. The molecule has 238 valence electrons. The SMILES string of the molecule is c1ccc(-c2cc3c4c(c2)C2(c5ccccc5-c5ccccc52)c2ccc5ccc6ccc[n+]7c6c5c2[N+]47[n+]2ccc(-c4ccccc4)cc2-3)cc1. The van der Waals surface area contributed by atoms with Crippen LogP contribution in [0.25, 0.3) is 66.3 Å². The van der Waals surface area contributed by atoms with Gasteiger partial charge in [-0.15, -0.1) is 0 Å². The van der Waals surface area contributed by atoms with Gasteiger partial charge >= 0.3 is 0 Å². The van der Waals surface area contributed by atoms with Crippen LogP contribution in [0.4, 0.5) is 11.4 Å². The van der Waals surface area contributed by atoms with E-state index in [0.29, 0.717) is 4.70 Å². The van der Waals surface area contributed by atoms with Gasteiger partial charge in [0, 0.05) is 29.3 Å². The van der Waals surface area contributed by atoms with Crippen molar-refractivity contribution in [3.8, 4) is 44.6 Å². The summed E-state index contributed by atoms with van der Waals surface area (Å²) >= 11 is 0. The molecule has 0 bridgehead atoms. The van der Waals surface area contributed by atoms with Gasteiger partial charge in [-0.05, 0) is 74.2 Å². The highest BCUT2D eigenvalue weighted by atomic mass is 15.9.